The van der Waals surface area contributed by atoms with Crippen molar-refractivity contribution in [1.29, 1.82) is 0 Å². The Morgan fingerprint density at radius 3 is 2.19 bits per heavy atom. The molecule has 0 radical (unpaired) electrons. The molecule has 3 nitrogen and oxygen atoms in total. The average Bonchev–Trinajstić information content (AvgIpc) is 2.73. The topological polar surface area (TPSA) is 30.5 Å². The van der Waals surface area contributed by atoms with E-state index in [2.05, 4.69) is 27.3 Å². The zero-order chi connectivity index (χ0) is 21.4. The average molecular weight is 488 g/mol. The molecule has 6 rings (SSSR count). The number of rotatable bonds is 8. The Bertz CT molecular complexity index is 894. The fourth-order valence-electron chi connectivity index (χ4n) is 6.45. The summed E-state index contributed by atoms with van der Waals surface area (Å²) in [6.07, 6.45) is 8.40. The van der Waals surface area contributed by atoms with E-state index in [4.69, 9.17) is 9.47 Å². The first-order valence-corrected chi connectivity index (χ1v) is 12.4. The first kappa shape index (κ1) is 21.3. The summed E-state index contributed by atoms with van der Waals surface area (Å²) in [5.74, 6) is 4.03. The molecule has 4 aliphatic carbocycles. The lowest BCUT2D eigenvalue weighted by Gasteiger charge is -2.57. The van der Waals surface area contributed by atoms with E-state index in [0.717, 1.165) is 40.1 Å². The predicted molar refractivity (Wildman–Crippen MR) is 124 cm³/mol. The minimum Gasteiger partial charge on any atom is -0.490 e. The van der Waals surface area contributed by atoms with Gasteiger partial charge in [0.2, 0.25) is 0 Å². The number of hydrogen-bond acceptors (Lipinski definition) is 3. The zero-order valence-corrected chi connectivity index (χ0v) is 19.7. The Labute approximate surface area is 192 Å². The Balaban J connectivity index is 1.29. The molecular formula is C26H31BrFNO2. The molecule has 5 heteroatoms. The van der Waals surface area contributed by atoms with Crippen LogP contribution in [-0.2, 0) is 13.2 Å². The molecular weight excluding hydrogens is 457 g/mol. The Morgan fingerprint density at radius 1 is 0.968 bits per heavy atom. The molecule has 4 saturated carbocycles. The van der Waals surface area contributed by atoms with E-state index in [1.807, 2.05) is 13.0 Å². The summed E-state index contributed by atoms with van der Waals surface area (Å²) in [6, 6.07) is 10.5. The van der Waals surface area contributed by atoms with Gasteiger partial charge in [-0.3, -0.25) is 0 Å². The van der Waals surface area contributed by atoms with E-state index >= 15 is 0 Å². The first-order chi connectivity index (χ1) is 15.0. The minimum atomic E-state index is -0.239. The molecule has 1 N–H and O–H groups in total. The number of hydrogen-bond donors (Lipinski definition) is 1. The summed E-state index contributed by atoms with van der Waals surface area (Å²) in [4.78, 5) is 0. The van der Waals surface area contributed by atoms with Crippen molar-refractivity contribution in [3.8, 4) is 11.5 Å². The Kier molecular flexibility index (Phi) is 6.00. The van der Waals surface area contributed by atoms with Gasteiger partial charge >= 0.3 is 0 Å². The molecule has 0 amide bonds. The molecule has 4 bridgehead atoms. The maximum Gasteiger partial charge on any atom is 0.162 e. The smallest absolute Gasteiger partial charge is 0.162 e. The highest BCUT2D eigenvalue weighted by Crippen LogP contribution is 2.55. The fraction of sp³-hybridized carbons (Fsp3) is 0.538. The van der Waals surface area contributed by atoms with Crippen LogP contribution in [0.15, 0.2) is 40.9 Å². The highest BCUT2D eigenvalue weighted by molar-refractivity contribution is 9.10. The van der Waals surface area contributed by atoms with Crippen LogP contribution in [0.25, 0.3) is 0 Å². The third-order valence-electron chi connectivity index (χ3n) is 7.41. The van der Waals surface area contributed by atoms with Crippen LogP contribution in [0.3, 0.4) is 0 Å². The molecule has 0 aliphatic heterocycles. The van der Waals surface area contributed by atoms with Gasteiger partial charge in [-0.25, -0.2) is 4.39 Å². The van der Waals surface area contributed by atoms with E-state index < -0.39 is 0 Å². The van der Waals surface area contributed by atoms with E-state index in [1.54, 1.807) is 12.1 Å². The van der Waals surface area contributed by atoms with Gasteiger partial charge in [0, 0.05) is 16.6 Å². The van der Waals surface area contributed by atoms with Gasteiger partial charge in [0.25, 0.3) is 0 Å². The van der Waals surface area contributed by atoms with Gasteiger partial charge < -0.3 is 14.8 Å². The monoisotopic (exact) mass is 487 g/mol. The molecule has 4 fully saturated rings. The van der Waals surface area contributed by atoms with Crippen molar-refractivity contribution in [3.63, 3.8) is 0 Å². The van der Waals surface area contributed by atoms with Gasteiger partial charge in [-0.15, -0.1) is 0 Å². The van der Waals surface area contributed by atoms with Gasteiger partial charge in [-0.2, -0.15) is 0 Å². The van der Waals surface area contributed by atoms with E-state index in [1.165, 1.54) is 56.2 Å². The van der Waals surface area contributed by atoms with Crippen LogP contribution in [0.4, 0.5) is 4.39 Å². The lowest BCUT2D eigenvalue weighted by Crippen LogP contribution is -2.58. The summed E-state index contributed by atoms with van der Waals surface area (Å²) in [6.45, 7) is 3.78. The maximum atomic E-state index is 13.1. The molecule has 0 unspecified atom stereocenters. The molecule has 0 aromatic heterocycles. The Morgan fingerprint density at radius 2 is 1.58 bits per heavy atom. The predicted octanol–water partition coefficient (Wildman–Crippen LogP) is 6.62. The van der Waals surface area contributed by atoms with Gasteiger partial charge in [0.15, 0.2) is 11.5 Å². The quantitative estimate of drug-likeness (QED) is 0.453. The van der Waals surface area contributed by atoms with Crippen LogP contribution in [0.2, 0.25) is 0 Å². The lowest BCUT2D eigenvalue weighted by atomic mass is 9.53. The highest BCUT2D eigenvalue weighted by atomic mass is 79.9. The fourth-order valence-corrected chi connectivity index (χ4v) is 6.91. The summed E-state index contributed by atoms with van der Waals surface area (Å²) in [5, 5.41) is 3.97. The van der Waals surface area contributed by atoms with Crippen molar-refractivity contribution in [2.24, 2.45) is 17.8 Å². The summed E-state index contributed by atoms with van der Waals surface area (Å²) in [7, 11) is 0. The lowest BCUT2D eigenvalue weighted by molar-refractivity contribution is -0.0206. The first-order valence-electron chi connectivity index (χ1n) is 11.6. The van der Waals surface area contributed by atoms with Crippen LogP contribution in [0, 0.1) is 23.6 Å². The molecule has 2 aromatic carbocycles. The minimum absolute atomic E-state index is 0.239. The van der Waals surface area contributed by atoms with Crippen LogP contribution in [0.5, 0.6) is 11.5 Å². The third-order valence-corrected chi connectivity index (χ3v) is 8.15. The standard InChI is InChI=1S/C26H31BrFNO2/c1-2-30-24-10-21(15-29-26-12-18-7-19(13-26)9-20(8-18)14-26)23(27)11-25(24)31-16-17-3-5-22(28)6-4-17/h3-6,10-11,18-20,29H,2,7-9,12-16H2,1H3. The second-order valence-corrected chi connectivity index (χ2v) is 10.6. The van der Waals surface area contributed by atoms with Crippen LogP contribution in [0.1, 0.15) is 56.6 Å². The van der Waals surface area contributed by atoms with E-state index in [9.17, 15) is 4.39 Å². The Hall–Kier alpha value is -1.59. The van der Waals surface area contributed by atoms with Crippen molar-refractivity contribution in [2.45, 2.75) is 64.1 Å². The van der Waals surface area contributed by atoms with Crippen LogP contribution in [-0.4, -0.2) is 12.1 Å². The third kappa shape index (κ3) is 4.63. The molecule has 0 saturated heterocycles. The summed E-state index contributed by atoms with van der Waals surface area (Å²) < 4.78 is 26.1. The summed E-state index contributed by atoms with van der Waals surface area (Å²) in [5.41, 5.74) is 2.46. The second-order valence-electron chi connectivity index (χ2n) is 9.79. The number of halogens is 2. The van der Waals surface area contributed by atoms with Crippen molar-refractivity contribution >= 4 is 15.9 Å². The second kappa shape index (κ2) is 8.74. The normalized spacial score (nSPS) is 28.7. The summed E-state index contributed by atoms with van der Waals surface area (Å²) >= 11 is 3.75. The van der Waals surface area contributed by atoms with Gasteiger partial charge in [0.05, 0.1) is 6.61 Å². The molecule has 0 atom stereocenters. The van der Waals surface area contributed by atoms with E-state index in [0.29, 0.717) is 24.5 Å². The number of benzene rings is 2. The van der Waals surface area contributed by atoms with Crippen molar-refractivity contribution < 1.29 is 13.9 Å². The maximum absolute atomic E-state index is 13.1. The van der Waals surface area contributed by atoms with Crippen molar-refractivity contribution in [1.82, 2.24) is 5.32 Å². The van der Waals surface area contributed by atoms with Crippen LogP contribution >= 0.6 is 15.9 Å². The zero-order valence-electron chi connectivity index (χ0n) is 18.1. The largest absolute Gasteiger partial charge is 0.490 e. The van der Waals surface area contributed by atoms with Crippen LogP contribution < -0.4 is 14.8 Å². The van der Waals surface area contributed by atoms with Gasteiger partial charge in [0.1, 0.15) is 12.4 Å². The molecule has 4 aliphatic rings. The van der Waals surface area contributed by atoms with E-state index in [-0.39, 0.29) is 5.82 Å². The number of ether oxygens (including phenoxy) is 2. The van der Waals surface area contributed by atoms with Gasteiger partial charge in [-0.1, -0.05) is 28.1 Å². The van der Waals surface area contributed by atoms with Crippen molar-refractivity contribution in [3.05, 3.63) is 57.8 Å². The molecule has 166 valence electrons. The molecule has 0 heterocycles. The molecule has 31 heavy (non-hydrogen) atoms. The SMILES string of the molecule is CCOc1cc(CNC23CC4CC(CC(C4)C2)C3)c(Br)cc1OCc1ccc(F)cc1. The molecule has 0 spiro atoms. The number of nitrogens with one attached hydrogen (secondary N) is 1. The highest BCUT2D eigenvalue weighted by Gasteiger charge is 2.50. The molecule has 2 aromatic rings. The van der Waals surface area contributed by atoms with Gasteiger partial charge in [-0.05, 0) is 98.6 Å². The van der Waals surface area contributed by atoms with Crippen molar-refractivity contribution in [2.75, 3.05) is 6.61 Å².